The van der Waals surface area contributed by atoms with Crippen LogP contribution in [0.25, 0.3) is 0 Å². The summed E-state index contributed by atoms with van der Waals surface area (Å²) in [6.07, 6.45) is 1.80. The topological polar surface area (TPSA) is 46.0 Å². The molecule has 2 heterocycles. The van der Waals surface area contributed by atoms with Crippen molar-refractivity contribution in [3.8, 4) is 0 Å². The zero-order chi connectivity index (χ0) is 13.1. The second-order valence-electron chi connectivity index (χ2n) is 4.65. The molecule has 0 spiro atoms. The van der Waals surface area contributed by atoms with Gasteiger partial charge in [-0.15, -0.1) is 10.2 Å². The van der Waals surface area contributed by atoms with E-state index in [1.54, 1.807) is 6.33 Å². The van der Waals surface area contributed by atoms with Gasteiger partial charge in [0.1, 0.15) is 12.2 Å². The average Bonchev–Trinajstić information content (AvgIpc) is 2.88. The van der Waals surface area contributed by atoms with Crippen LogP contribution in [-0.2, 0) is 13.1 Å². The van der Waals surface area contributed by atoms with E-state index in [0.717, 1.165) is 49.3 Å². The van der Waals surface area contributed by atoms with Crippen LogP contribution in [0.15, 0.2) is 30.6 Å². The van der Waals surface area contributed by atoms with Gasteiger partial charge in [-0.05, 0) is 24.3 Å². The molecule has 1 N–H and O–H groups in total. The number of fused-ring (bicyclic) bond motifs is 1. The van der Waals surface area contributed by atoms with Crippen LogP contribution in [0.4, 0.5) is 5.69 Å². The lowest BCUT2D eigenvalue weighted by atomic mass is 10.3. The number of aromatic nitrogens is 3. The smallest absolute Gasteiger partial charge is 0.147 e. The van der Waals surface area contributed by atoms with E-state index in [4.69, 9.17) is 11.6 Å². The molecule has 5 nitrogen and oxygen atoms in total. The van der Waals surface area contributed by atoms with Crippen molar-refractivity contribution in [3.63, 3.8) is 0 Å². The maximum Gasteiger partial charge on any atom is 0.147 e. The second-order valence-corrected chi connectivity index (χ2v) is 5.09. The molecule has 3 rings (SSSR count). The monoisotopic (exact) mass is 277 g/mol. The Kier molecular flexibility index (Phi) is 3.66. The fourth-order valence-electron chi connectivity index (χ4n) is 2.23. The van der Waals surface area contributed by atoms with Crippen LogP contribution in [0.1, 0.15) is 5.82 Å². The van der Waals surface area contributed by atoms with E-state index in [1.165, 1.54) is 0 Å². The Morgan fingerprint density at radius 3 is 2.89 bits per heavy atom. The summed E-state index contributed by atoms with van der Waals surface area (Å²) in [6, 6.07) is 7.78. The SMILES string of the molecule is Clc1ccc(NCCN2CCn3cnnc3C2)cc1. The average molecular weight is 278 g/mol. The van der Waals surface area contributed by atoms with Crippen molar-refractivity contribution in [2.45, 2.75) is 13.1 Å². The Morgan fingerprint density at radius 2 is 2.05 bits per heavy atom. The van der Waals surface area contributed by atoms with Crippen molar-refractivity contribution in [1.29, 1.82) is 0 Å². The molecule has 0 saturated heterocycles. The quantitative estimate of drug-likeness (QED) is 0.927. The van der Waals surface area contributed by atoms with Crippen molar-refractivity contribution in [2.75, 3.05) is 25.0 Å². The molecule has 6 heteroatoms. The molecular weight excluding hydrogens is 262 g/mol. The van der Waals surface area contributed by atoms with Crippen LogP contribution in [0.2, 0.25) is 5.02 Å². The van der Waals surface area contributed by atoms with E-state index < -0.39 is 0 Å². The molecule has 19 heavy (non-hydrogen) atoms. The predicted octanol–water partition coefficient (Wildman–Crippen LogP) is 1.86. The van der Waals surface area contributed by atoms with Crippen LogP contribution in [-0.4, -0.2) is 39.3 Å². The van der Waals surface area contributed by atoms with Gasteiger partial charge in [-0.25, -0.2) is 0 Å². The lowest BCUT2D eigenvalue weighted by molar-refractivity contribution is 0.225. The van der Waals surface area contributed by atoms with E-state index in [9.17, 15) is 0 Å². The molecular formula is C13H16ClN5. The van der Waals surface area contributed by atoms with Gasteiger partial charge >= 0.3 is 0 Å². The van der Waals surface area contributed by atoms with E-state index in [0.29, 0.717) is 0 Å². The Morgan fingerprint density at radius 1 is 1.21 bits per heavy atom. The summed E-state index contributed by atoms with van der Waals surface area (Å²) in [6.45, 7) is 4.81. The third-order valence-electron chi connectivity index (χ3n) is 3.32. The van der Waals surface area contributed by atoms with Gasteiger partial charge in [-0.3, -0.25) is 4.90 Å². The molecule has 0 fully saturated rings. The first-order valence-electron chi connectivity index (χ1n) is 6.40. The lowest BCUT2D eigenvalue weighted by Gasteiger charge is -2.26. The van der Waals surface area contributed by atoms with Gasteiger partial charge in [0.25, 0.3) is 0 Å². The number of rotatable bonds is 4. The molecule has 1 aliphatic rings. The summed E-state index contributed by atoms with van der Waals surface area (Å²) in [5.41, 5.74) is 1.10. The first-order valence-corrected chi connectivity index (χ1v) is 6.77. The third-order valence-corrected chi connectivity index (χ3v) is 3.57. The Balaban J connectivity index is 1.47. The number of hydrogen-bond donors (Lipinski definition) is 1. The van der Waals surface area contributed by atoms with Crippen molar-refractivity contribution >= 4 is 17.3 Å². The lowest BCUT2D eigenvalue weighted by Crippen LogP contribution is -2.36. The summed E-state index contributed by atoms with van der Waals surface area (Å²) < 4.78 is 2.11. The second kappa shape index (κ2) is 5.59. The number of anilines is 1. The van der Waals surface area contributed by atoms with Gasteiger partial charge in [-0.2, -0.15) is 0 Å². The van der Waals surface area contributed by atoms with E-state index in [2.05, 4.69) is 25.0 Å². The molecule has 0 unspecified atom stereocenters. The molecule has 0 amide bonds. The summed E-state index contributed by atoms with van der Waals surface area (Å²) in [5, 5.41) is 12.2. The van der Waals surface area contributed by atoms with Crippen LogP contribution in [0.3, 0.4) is 0 Å². The molecule has 0 radical (unpaired) electrons. The third kappa shape index (κ3) is 3.05. The van der Waals surface area contributed by atoms with Gasteiger partial charge in [0, 0.05) is 36.9 Å². The van der Waals surface area contributed by atoms with Gasteiger partial charge in [-0.1, -0.05) is 11.6 Å². The zero-order valence-corrected chi connectivity index (χ0v) is 11.3. The first kappa shape index (κ1) is 12.4. The van der Waals surface area contributed by atoms with Gasteiger partial charge in [0.15, 0.2) is 0 Å². The molecule has 1 aromatic carbocycles. The number of nitrogens with one attached hydrogen (secondary N) is 1. The minimum atomic E-state index is 0.765. The van der Waals surface area contributed by atoms with Crippen LogP contribution in [0.5, 0.6) is 0 Å². The highest BCUT2D eigenvalue weighted by Gasteiger charge is 2.16. The maximum absolute atomic E-state index is 5.85. The van der Waals surface area contributed by atoms with Crippen LogP contribution in [0, 0.1) is 0 Å². The van der Waals surface area contributed by atoms with E-state index in [-0.39, 0.29) is 0 Å². The minimum absolute atomic E-state index is 0.765. The standard InChI is InChI=1S/C13H16ClN5/c14-11-1-3-12(4-2-11)15-5-6-18-7-8-19-10-16-17-13(19)9-18/h1-4,10,15H,5-9H2. The number of nitrogens with zero attached hydrogens (tertiary/aromatic N) is 4. The van der Waals surface area contributed by atoms with Crippen molar-refractivity contribution < 1.29 is 0 Å². The maximum atomic E-state index is 5.85. The normalized spacial score (nSPS) is 15.2. The molecule has 0 bridgehead atoms. The number of hydrogen-bond acceptors (Lipinski definition) is 4. The highest BCUT2D eigenvalue weighted by molar-refractivity contribution is 6.30. The first-order chi connectivity index (χ1) is 9.31. The summed E-state index contributed by atoms with van der Waals surface area (Å²) in [4.78, 5) is 2.38. The van der Waals surface area contributed by atoms with Gasteiger partial charge in [0.05, 0.1) is 6.54 Å². The fourth-order valence-corrected chi connectivity index (χ4v) is 2.36. The summed E-state index contributed by atoms with van der Waals surface area (Å²) in [7, 11) is 0. The molecule has 2 aromatic rings. The molecule has 1 aromatic heterocycles. The molecule has 1 aliphatic heterocycles. The Labute approximate surface area is 117 Å². The van der Waals surface area contributed by atoms with Crippen LogP contribution >= 0.6 is 11.6 Å². The Hall–Kier alpha value is -1.59. The number of benzene rings is 1. The predicted molar refractivity (Wildman–Crippen MR) is 75.2 cm³/mol. The van der Waals surface area contributed by atoms with Crippen LogP contribution < -0.4 is 5.32 Å². The molecule has 100 valence electrons. The summed E-state index contributed by atoms with van der Waals surface area (Å²) >= 11 is 5.85. The summed E-state index contributed by atoms with van der Waals surface area (Å²) in [5.74, 6) is 1.05. The van der Waals surface area contributed by atoms with Gasteiger partial charge in [0.2, 0.25) is 0 Å². The van der Waals surface area contributed by atoms with Crippen molar-refractivity contribution in [3.05, 3.63) is 41.4 Å². The van der Waals surface area contributed by atoms with Gasteiger partial charge < -0.3 is 9.88 Å². The van der Waals surface area contributed by atoms with E-state index >= 15 is 0 Å². The highest BCUT2D eigenvalue weighted by atomic mass is 35.5. The van der Waals surface area contributed by atoms with E-state index in [1.807, 2.05) is 24.3 Å². The Bertz CT molecular complexity index is 536. The largest absolute Gasteiger partial charge is 0.384 e. The van der Waals surface area contributed by atoms with Crippen molar-refractivity contribution in [1.82, 2.24) is 19.7 Å². The fraction of sp³-hybridized carbons (Fsp3) is 0.385. The molecule has 0 saturated carbocycles. The minimum Gasteiger partial charge on any atom is -0.384 e. The van der Waals surface area contributed by atoms with Crippen molar-refractivity contribution in [2.24, 2.45) is 0 Å². The molecule has 0 atom stereocenters. The highest BCUT2D eigenvalue weighted by Crippen LogP contribution is 2.13. The zero-order valence-electron chi connectivity index (χ0n) is 10.6. The molecule has 0 aliphatic carbocycles. The number of halogens is 1.